The molecule has 0 saturated heterocycles. The molecule has 9 heteroatoms. The van der Waals surface area contributed by atoms with E-state index in [4.69, 9.17) is 46.4 Å². The van der Waals surface area contributed by atoms with Crippen molar-refractivity contribution in [2.24, 2.45) is 0 Å². The van der Waals surface area contributed by atoms with E-state index in [-0.39, 0.29) is 30.9 Å². The van der Waals surface area contributed by atoms with Gasteiger partial charge in [0.25, 0.3) is 10.0 Å². The van der Waals surface area contributed by atoms with Crippen molar-refractivity contribution in [2.75, 3.05) is 4.72 Å². The van der Waals surface area contributed by atoms with Gasteiger partial charge in [0.05, 0.1) is 15.7 Å². The number of anilines is 1. The molecular weight excluding hydrogens is 378 g/mol. The van der Waals surface area contributed by atoms with Crippen molar-refractivity contribution in [1.29, 1.82) is 0 Å². The molecule has 0 aliphatic rings. The topological polar surface area (TPSA) is 59.1 Å². The summed E-state index contributed by atoms with van der Waals surface area (Å²) in [6, 6.07) is 5.89. The fraction of sp³-hybridized carbons (Fsp3) is 0.0833. The first-order chi connectivity index (χ1) is 9.72. The second kappa shape index (κ2) is 6.18. The van der Waals surface area contributed by atoms with Gasteiger partial charge in [0.1, 0.15) is 10.0 Å². The van der Waals surface area contributed by atoms with Gasteiger partial charge in [0.2, 0.25) is 0 Å². The number of nitrogens with one attached hydrogen (secondary N) is 1. The number of halogens is 4. The van der Waals surface area contributed by atoms with Crippen molar-refractivity contribution in [3.05, 3.63) is 50.2 Å². The van der Waals surface area contributed by atoms with Crippen LogP contribution in [0.4, 0.5) is 5.69 Å². The minimum Gasteiger partial charge on any atom is -0.276 e. The highest BCUT2D eigenvalue weighted by atomic mass is 35.5. The molecule has 2 aromatic rings. The van der Waals surface area contributed by atoms with Crippen molar-refractivity contribution >= 4 is 62.1 Å². The summed E-state index contributed by atoms with van der Waals surface area (Å²) in [4.78, 5) is 3.57. The van der Waals surface area contributed by atoms with E-state index < -0.39 is 10.0 Å². The van der Waals surface area contributed by atoms with Gasteiger partial charge in [0.15, 0.2) is 5.15 Å². The Kier molecular flexibility index (Phi) is 4.90. The predicted octanol–water partition coefficient (Wildman–Crippen LogP) is 4.80. The van der Waals surface area contributed by atoms with E-state index in [0.29, 0.717) is 5.56 Å². The molecular formula is C12H8Cl4N2O2S. The number of rotatable bonds is 3. The molecule has 0 saturated carbocycles. The third-order valence-corrected chi connectivity index (χ3v) is 5.34. The zero-order valence-electron chi connectivity index (χ0n) is 10.5. The highest BCUT2D eigenvalue weighted by molar-refractivity contribution is 7.93. The molecule has 0 aliphatic heterocycles. The third-order valence-electron chi connectivity index (χ3n) is 2.57. The number of sulfonamides is 1. The molecule has 2 rings (SSSR count). The molecule has 0 amide bonds. The van der Waals surface area contributed by atoms with Gasteiger partial charge < -0.3 is 0 Å². The molecule has 0 aliphatic carbocycles. The molecule has 112 valence electrons. The number of hydrogen-bond donors (Lipinski definition) is 1. The summed E-state index contributed by atoms with van der Waals surface area (Å²) in [6.07, 6.45) is 0. The molecule has 0 fully saturated rings. The van der Waals surface area contributed by atoms with Gasteiger partial charge in [-0.3, -0.25) is 4.72 Å². The summed E-state index contributed by atoms with van der Waals surface area (Å²) < 4.78 is 27.2. The van der Waals surface area contributed by atoms with E-state index in [0.717, 1.165) is 0 Å². The second-order valence-electron chi connectivity index (χ2n) is 4.08. The first kappa shape index (κ1) is 16.6. The summed E-state index contributed by atoms with van der Waals surface area (Å²) in [6.45, 7) is 1.64. The fourth-order valence-electron chi connectivity index (χ4n) is 1.64. The maximum atomic E-state index is 12.4. The average molecular weight is 386 g/mol. The van der Waals surface area contributed by atoms with Crippen LogP contribution in [0.2, 0.25) is 20.4 Å². The second-order valence-corrected chi connectivity index (χ2v) is 7.26. The average Bonchev–Trinajstić information content (AvgIpc) is 2.33. The van der Waals surface area contributed by atoms with Gasteiger partial charge in [0, 0.05) is 0 Å². The number of nitrogens with zero attached hydrogens (tertiary/aromatic N) is 1. The lowest BCUT2D eigenvalue weighted by Crippen LogP contribution is -2.15. The first-order valence-corrected chi connectivity index (χ1v) is 8.51. The maximum Gasteiger partial charge on any atom is 0.264 e. The zero-order chi connectivity index (χ0) is 15.8. The largest absolute Gasteiger partial charge is 0.276 e. The molecule has 21 heavy (non-hydrogen) atoms. The fourth-order valence-corrected chi connectivity index (χ4v) is 4.56. The first-order valence-electron chi connectivity index (χ1n) is 5.52. The number of pyridine rings is 1. The summed E-state index contributed by atoms with van der Waals surface area (Å²) in [7, 11) is -4.01. The van der Waals surface area contributed by atoms with Crippen LogP contribution < -0.4 is 4.72 Å². The van der Waals surface area contributed by atoms with Crippen molar-refractivity contribution in [1.82, 2.24) is 4.98 Å². The van der Waals surface area contributed by atoms with Crippen LogP contribution in [-0.2, 0) is 10.0 Å². The van der Waals surface area contributed by atoms with Crippen molar-refractivity contribution in [3.63, 3.8) is 0 Å². The van der Waals surface area contributed by atoms with E-state index in [1.807, 2.05) is 0 Å². The van der Waals surface area contributed by atoms with Crippen LogP contribution in [0.3, 0.4) is 0 Å². The van der Waals surface area contributed by atoms with Gasteiger partial charge in [-0.25, -0.2) is 13.4 Å². The van der Waals surface area contributed by atoms with Gasteiger partial charge in [-0.05, 0) is 30.7 Å². The van der Waals surface area contributed by atoms with Crippen LogP contribution in [0.1, 0.15) is 5.56 Å². The molecule has 0 bridgehead atoms. The van der Waals surface area contributed by atoms with E-state index in [1.165, 1.54) is 18.2 Å². The van der Waals surface area contributed by atoms with Gasteiger partial charge >= 0.3 is 0 Å². The molecule has 1 aromatic heterocycles. The van der Waals surface area contributed by atoms with Crippen LogP contribution >= 0.6 is 46.4 Å². The Hall–Kier alpha value is -0.720. The zero-order valence-corrected chi connectivity index (χ0v) is 14.3. The number of benzene rings is 1. The molecule has 1 heterocycles. The number of hydrogen-bond acceptors (Lipinski definition) is 3. The van der Waals surface area contributed by atoms with E-state index >= 15 is 0 Å². The van der Waals surface area contributed by atoms with Crippen molar-refractivity contribution < 1.29 is 8.42 Å². The normalized spacial score (nSPS) is 11.5. The summed E-state index contributed by atoms with van der Waals surface area (Å²) in [5.74, 6) is 0. The van der Waals surface area contributed by atoms with Gasteiger partial charge in [-0.2, -0.15) is 0 Å². The Morgan fingerprint density at radius 3 is 2.19 bits per heavy atom. The summed E-state index contributed by atoms with van der Waals surface area (Å²) in [5, 5.41) is 0.111. The Labute approximate surface area is 142 Å². The third kappa shape index (κ3) is 3.55. The number of aryl methyl sites for hydroxylation is 1. The molecule has 0 spiro atoms. The molecule has 1 N–H and O–H groups in total. The van der Waals surface area contributed by atoms with Gasteiger partial charge in [-0.15, -0.1) is 0 Å². The van der Waals surface area contributed by atoms with Crippen LogP contribution in [0, 0.1) is 6.92 Å². The molecule has 4 nitrogen and oxygen atoms in total. The molecule has 0 unspecified atom stereocenters. The Bertz CT molecular complexity index is 766. The minimum atomic E-state index is -4.01. The lowest BCUT2D eigenvalue weighted by atomic mass is 10.3. The molecule has 1 aromatic carbocycles. The number of aromatic nitrogens is 1. The van der Waals surface area contributed by atoms with Crippen LogP contribution in [0.15, 0.2) is 29.2 Å². The standard InChI is InChI=1S/C12H8Cl4N2O2S/c1-6-5-9(15)17-12(16)10(6)18-21(19,20)11-7(13)3-2-4-8(11)14/h2-5,18H,1H3. The SMILES string of the molecule is Cc1cc(Cl)nc(Cl)c1NS(=O)(=O)c1c(Cl)cccc1Cl. The molecule has 0 atom stereocenters. The highest BCUT2D eigenvalue weighted by Gasteiger charge is 2.23. The van der Waals surface area contributed by atoms with E-state index in [2.05, 4.69) is 9.71 Å². The maximum absolute atomic E-state index is 12.4. The predicted molar refractivity (Wildman–Crippen MR) is 86.3 cm³/mol. The Morgan fingerprint density at radius 2 is 1.67 bits per heavy atom. The highest BCUT2D eigenvalue weighted by Crippen LogP contribution is 2.33. The lowest BCUT2D eigenvalue weighted by molar-refractivity contribution is 0.601. The molecule has 0 radical (unpaired) electrons. The monoisotopic (exact) mass is 384 g/mol. The Morgan fingerprint density at radius 1 is 1.10 bits per heavy atom. The van der Waals surface area contributed by atoms with E-state index in [9.17, 15) is 8.42 Å². The smallest absolute Gasteiger partial charge is 0.264 e. The van der Waals surface area contributed by atoms with Crippen molar-refractivity contribution in [3.8, 4) is 0 Å². The van der Waals surface area contributed by atoms with Gasteiger partial charge in [-0.1, -0.05) is 52.5 Å². The Balaban J connectivity index is 2.53. The summed E-state index contributed by atoms with van der Waals surface area (Å²) in [5.41, 5.74) is 0.642. The van der Waals surface area contributed by atoms with E-state index in [1.54, 1.807) is 13.0 Å². The minimum absolute atomic E-state index is 0.00528. The van der Waals surface area contributed by atoms with Crippen molar-refractivity contribution in [2.45, 2.75) is 11.8 Å². The lowest BCUT2D eigenvalue weighted by Gasteiger charge is -2.13. The van der Waals surface area contributed by atoms with Crippen LogP contribution in [0.25, 0.3) is 0 Å². The summed E-state index contributed by atoms with van der Waals surface area (Å²) >= 11 is 23.5. The van der Waals surface area contributed by atoms with Crippen LogP contribution in [0.5, 0.6) is 0 Å². The van der Waals surface area contributed by atoms with Crippen LogP contribution in [-0.4, -0.2) is 13.4 Å². The quantitative estimate of drug-likeness (QED) is 0.771.